The molecule has 0 spiro atoms. The zero-order valence-corrected chi connectivity index (χ0v) is 9.85. The normalized spacial score (nSPS) is 23.2. The number of thiophene rings is 1. The van der Waals surface area contributed by atoms with E-state index in [-0.39, 0.29) is 6.04 Å². The number of hydrogen-bond donors (Lipinski definition) is 2. The molecule has 1 fully saturated rings. The van der Waals surface area contributed by atoms with Crippen molar-refractivity contribution in [3.8, 4) is 0 Å². The molecule has 1 aromatic heterocycles. The number of ether oxygens (including phenoxy) is 1. The molecule has 0 aliphatic carbocycles. The maximum atomic E-state index is 5.62. The second-order valence-corrected chi connectivity index (χ2v) is 5.24. The molecule has 0 saturated carbocycles. The van der Waals surface area contributed by atoms with Crippen molar-refractivity contribution >= 4 is 11.3 Å². The van der Waals surface area contributed by atoms with Crippen LogP contribution in [0.25, 0.3) is 0 Å². The minimum absolute atomic E-state index is 0.281. The Labute approximate surface area is 94.6 Å². The Morgan fingerprint density at radius 2 is 2.60 bits per heavy atom. The molecule has 3 nitrogen and oxygen atoms in total. The first-order valence-corrected chi connectivity index (χ1v) is 6.27. The van der Waals surface area contributed by atoms with Gasteiger partial charge in [-0.15, -0.1) is 11.3 Å². The molecule has 1 saturated heterocycles. The van der Waals surface area contributed by atoms with Crippen LogP contribution in [0.5, 0.6) is 0 Å². The van der Waals surface area contributed by atoms with E-state index in [0.29, 0.717) is 5.92 Å². The molecule has 0 radical (unpaired) electrons. The summed E-state index contributed by atoms with van der Waals surface area (Å²) in [5.74, 6) is 6.28. The number of hydrogen-bond acceptors (Lipinski definition) is 4. The van der Waals surface area contributed by atoms with E-state index < -0.39 is 0 Å². The highest BCUT2D eigenvalue weighted by Crippen LogP contribution is 2.29. The average molecular weight is 226 g/mol. The smallest absolute Gasteiger partial charge is 0.0495 e. The average Bonchev–Trinajstić information content (AvgIpc) is 2.85. The molecule has 1 aromatic rings. The van der Waals surface area contributed by atoms with Crippen LogP contribution in [0.3, 0.4) is 0 Å². The summed E-state index contributed by atoms with van der Waals surface area (Å²) in [5.41, 5.74) is 4.27. The zero-order chi connectivity index (χ0) is 10.7. The Balaban J connectivity index is 2.00. The molecular formula is C11H18N2OS. The zero-order valence-electron chi connectivity index (χ0n) is 9.03. The number of aryl methyl sites for hydroxylation is 1. The third-order valence-corrected chi connectivity index (χ3v) is 3.93. The van der Waals surface area contributed by atoms with Gasteiger partial charge in [-0.3, -0.25) is 11.3 Å². The van der Waals surface area contributed by atoms with Crippen LogP contribution in [0, 0.1) is 12.8 Å². The van der Waals surface area contributed by atoms with Gasteiger partial charge in [-0.25, -0.2) is 0 Å². The van der Waals surface area contributed by atoms with Crippen LogP contribution < -0.4 is 11.3 Å². The molecule has 0 amide bonds. The van der Waals surface area contributed by atoms with Crippen molar-refractivity contribution in [2.75, 3.05) is 13.2 Å². The maximum absolute atomic E-state index is 5.62. The standard InChI is InChI=1S/C11H18N2OS/c1-8-10(3-5-15-8)11(13-12)6-9-2-4-14-7-9/h3,5,9,11,13H,2,4,6-7,12H2,1H3. The number of rotatable bonds is 4. The van der Waals surface area contributed by atoms with Crippen molar-refractivity contribution in [3.63, 3.8) is 0 Å². The molecular weight excluding hydrogens is 208 g/mol. The molecule has 1 aliphatic rings. The first-order chi connectivity index (χ1) is 7.31. The molecule has 15 heavy (non-hydrogen) atoms. The second-order valence-electron chi connectivity index (χ2n) is 4.12. The lowest BCUT2D eigenvalue weighted by Crippen LogP contribution is -2.30. The van der Waals surface area contributed by atoms with E-state index in [1.807, 2.05) is 0 Å². The number of nitrogens with one attached hydrogen (secondary N) is 1. The lowest BCUT2D eigenvalue weighted by Gasteiger charge is -2.19. The largest absolute Gasteiger partial charge is 0.381 e. The molecule has 2 unspecified atom stereocenters. The molecule has 84 valence electrons. The molecule has 0 bridgehead atoms. The van der Waals surface area contributed by atoms with Gasteiger partial charge in [0, 0.05) is 24.1 Å². The molecule has 2 heterocycles. The Bertz CT molecular complexity index is 307. The van der Waals surface area contributed by atoms with Gasteiger partial charge in [-0.1, -0.05) is 0 Å². The summed E-state index contributed by atoms with van der Waals surface area (Å²) in [6, 6.07) is 2.45. The lowest BCUT2D eigenvalue weighted by molar-refractivity contribution is 0.181. The van der Waals surface area contributed by atoms with Gasteiger partial charge in [-0.2, -0.15) is 0 Å². The van der Waals surface area contributed by atoms with Crippen LogP contribution in [0.4, 0.5) is 0 Å². The predicted molar refractivity (Wildman–Crippen MR) is 62.7 cm³/mol. The van der Waals surface area contributed by atoms with Gasteiger partial charge in [0.1, 0.15) is 0 Å². The summed E-state index contributed by atoms with van der Waals surface area (Å²) >= 11 is 1.78. The molecule has 2 rings (SSSR count). The van der Waals surface area contributed by atoms with E-state index in [1.165, 1.54) is 16.9 Å². The van der Waals surface area contributed by atoms with E-state index in [2.05, 4.69) is 23.8 Å². The van der Waals surface area contributed by atoms with Crippen molar-refractivity contribution in [3.05, 3.63) is 21.9 Å². The molecule has 0 aromatic carbocycles. The lowest BCUT2D eigenvalue weighted by atomic mass is 9.95. The van der Waals surface area contributed by atoms with E-state index in [0.717, 1.165) is 19.6 Å². The van der Waals surface area contributed by atoms with E-state index in [9.17, 15) is 0 Å². The monoisotopic (exact) mass is 226 g/mol. The Morgan fingerprint density at radius 1 is 1.73 bits per heavy atom. The van der Waals surface area contributed by atoms with Crippen LogP contribution in [0.2, 0.25) is 0 Å². The topological polar surface area (TPSA) is 47.3 Å². The minimum atomic E-state index is 0.281. The predicted octanol–water partition coefficient (Wildman–Crippen LogP) is 1.99. The van der Waals surface area contributed by atoms with Crippen LogP contribution in [0.15, 0.2) is 11.4 Å². The molecule has 2 atom stereocenters. The Hall–Kier alpha value is -0.420. The highest BCUT2D eigenvalue weighted by Gasteiger charge is 2.22. The highest BCUT2D eigenvalue weighted by molar-refractivity contribution is 7.10. The molecule has 4 heteroatoms. The van der Waals surface area contributed by atoms with E-state index in [1.54, 1.807) is 11.3 Å². The highest BCUT2D eigenvalue weighted by atomic mass is 32.1. The summed E-state index contributed by atoms with van der Waals surface area (Å²) in [7, 11) is 0. The van der Waals surface area contributed by atoms with Gasteiger partial charge in [0.2, 0.25) is 0 Å². The van der Waals surface area contributed by atoms with Gasteiger partial charge in [0.25, 0.3) is 0 Å². The summed E-state index contributed by atoms with van der Waals surface area (Å²) in [6.07, 6.45) is 2.25. The maximum Gasteiger partial charge on any atom is 0.0495 e. The first-order valence-electron chi connectivity index (χ1n) is 5.39. The SMILES string of the molecule is Cc1sccc1C(CC1CCOC1)NN. The Kier molecular flexibility index (Phi) is 3.75. The fourth-order valence-electron chi connectivity index (χ4n) is 2.14. The quantitative estimate of drug-likeness (QED) is 0.609. The van der Waals surface area contributed by atoms with Gasteiger partial charge in [0.05, 0.1) is 0 Å². The van der Waals surface area contributed by atoms with Gasteiger partial charge in [0.15, 0.2) is 0 Å². The molecule has 3 N–H and O–H groups in total. The minimum Gasteiger partial charge on any atom is -0.381 e. The first kappa shape index (κ1) is 11.1. The third-order valence-electron chi connectivity index (χ3n) is 3.07. The van der Waals surface area contributed by atoms with Crippen molar-refractivity contribution in [1.82, 2.24) is 5.43 Å². The molecule has 1 aliphatic heterocycles. The van der Waals surface area contributed by atoms with Gasteiger partial charge < -0.3 is 4.74 Å². The van der Waals surface area contributed by atoms with Crippen molar-refractivity contribution in [2.45, 2.75) is 25.8 Å². The summed E-state index contributed by atoms with van der Waals surface area (Å²) < 4.78 is 5.38. The number of nitrogens with two attached hydrogens (primary N) is 1. The Morgan fingerprint density at radius 3 is 3.13 bits per heavy atom. The fraction of sp³-hybridized carbons (Fsp3) is 0.636. The van der Waals surface area contributed by atoms with E-state index in [4.69, 9.17) is 10.6 Å². The van der Waals surface area contributed by atoms with Crippen LogP contribution in [0.1, 0.15) is 29.3 Å². The second kappa shape index (κ2) is 5.07. The summed E-state index contributed by atoms with van der Waals surface area (Å²) in [4.78, 5) is 1.36. The van der Waals surface area contributed by atoms with Crippen LogP contribution in [-0.4, -0.2) is 13.2 Å². The van der Waals surface area contributed by atoms with Crippen LogP contribution in [-0.2, 0) is 4.74 Å². The van der Waals surface area contributed by atoms with Crippen molar-refractivity contribution < 1.29 is 4.74 Å². The van der Waals surface area contributed by atoms with Crippen LogP contribution >= 0.6 is 11.3 Å². The van der Waals surface area contributed by atoms with Gasteiger partial charge in [-0.05, 0) is 42.7 Å². The van der Waals surface area contributed by atoms with Crippen molar-refractivity contribution in [2.24, 2.45) is 11.8 Å². The number of hydrazine groups is 1. The van der Waals surface area contributed by atoms with Crippen molar-refractivity contribution in [1.29, 1.82) is 0 Å². The van der Waals surface area contributed by atoms with E-state index >= 15 is 0 Å². The van der Waals surface area contributed by atoms with Gasteiger partial charge >= 0.3 is 0 Å². The summed E-state index contributed by atoms with van der Waals surface area (Å²) in [5, 5.41) is 2.13. The fourth-order valence-corrected chi connectivity index (χ4v) is 2.91. The summed E-state index contributed by atoms with van der Waals surface area (Å²) in [6.45, 7) is 3.95. The third kappa shape index (κ3) is 2.58.